The number of anilines is 1. The topological polar surface area (TPSA) is 99.3 Å². The van der Waals surface area contributed by atoms with Crippen LogP contribution in [0.15, 0.2) is 36.4 Å². The molecule has 106 valence electrons. The van der Waals surface area contributed by atoms with E-state index in [1.54, 1.807) is 37.3 Å². The Morgan fingerprint density at radius 1 is 1.30 bits per heavy atom. The Kier molecular flexibility index (Phi) is 3.80. The summed E-state index contributed by atoms with van der Waals surface area (Å²) in [4.78, 5) is 13.6. The van der Waals surface area contributed by atoms with E-state index in [-0.39, 0.29) is 17.1 Å². The average Bonchev–Trinajstić information content (AvgIpc) is 2.70. The van der Waals surface area contributed by atoms with Crippen LogP contribution in [0.2, 0.25) is 0 Å². The third kappa shape index (κ3) is 3.39. The molecule has 1 aromatic heterocycles. The number of aromatic amines is 1. The van der Waals surface area contributed by atoms with Crippen LogP contribution < -0.4 is 4.72 Å². The average molecular weight is 294 g/mol. The summed E-state index contributed by atoms with van der Waals surface area (Å²) < 4.78 is 26.4. The predicted octanol–water partition coefficient (Wildman–Crippen LogP) is 1.96. The number of carbonyl (C=O) groups is 1. The maximum Gasteiger partial charge on any atom is 0.354 e. The lowest BCUT2D eigenvalue weighted by Gasteiger charge is -2.07. The van der Waals surface area contributed by atoms with Crippen LogP contribution in [-0.2, 0) is 15.8 Å². The maximum atomic E-state index is 12.0. The van der Waals surface area contributed by atoms with Crippen molar-refractivity contribution in [3.8, 4) is 0 Å². The summed E-state index contributed by atoms with van der Waals surface area (Å²) >= 11 is 0. The van der Waals surface area contributed by atoms with Gasteiger partial charge in [0.2, 0.25) is 10.0 Å². The van der Waals surface area contributed by atoms with Crippen LogP contribution in [-0.4, -0.2) is 24.5 Å². The number of hydrogen-bond acceptors (Lipinski definition) is 3. The summed E-state index contributed by atoms with van der Waals surface area (Å²) in [6, 6.07) is 10.1. The zero-order valence-corrected chi connectivity index (χ0v) is 11.6. The Morgan fingerprint density at radius 3 is 2.55 bits per heavy atom. The first-order valence-electron chi connectivity index (χ1n) is 5.85. The fourth-order valence-corrected chi connectivity index (χ4v) is 3.04. The Morgan fingerprint density at radius 2 is 1.95 bits per heavy atom. The van der Waals surface area contributed by atoms with Gasteiger partial charge in [0.05, 0.1) is 11.4 Å². The van der Waals surface area contributed by atoms with Crippen molar-refractivity contribution >= 4 is 21.7 Å². The molecular weight excluding hydrogens is 280 g/mol. The monoisotopic (exact) mass is 294 g/mol. The molecule has 0 spiro atoms. The zero-order chi connectivity index (χ0) is 14.8. The molecule has 2 aromatic rings. The van der Waals surface area contributed by atoms with Gasteiger partial charge in [-0.1, -0.05) is 30.3 Å². The van der Waals surface area contributed by atoms with E-state index < -0.39 is 16.0 Å². The predicted molar refractivity (Wildman–Crippen MR) is 75.2 cm³/mol. The molecule has 0 aliphatic heterocycles. The number of carboxylic acid groups (broad SMARTS) is 1. The second-order valence-electron chi connectivity index (χ2n) is 4.39. The minimum absolute atomic E-state index is 0.0472. The summed E-state index contributed by atoms with van der Waals surface area (Å²) in [6.07, 6.45) is 0. The molecule has 3 N–H and O–H groups in total. The van der Waals surface area contributed by atoms with E-state index in [0.29, 0.717) is 11.3 Å². The van der Waals surface area contributed by atoms with Crippen LogP contribution >= 0.6 is 0 Å². The molecule has 1 aromatic carbocycles. The Hall–Kier alpha value is -2.28. The Balaban J connectivity index is 2.23. The summed E-state index contributed by atoms with van der Waals surface area (Å²) in [5.74, 6) is -1.42. The van der Waals surface area contributed by atoms with E-state index >= 15 is 0 Å². The fourth-order valence-electron chi connectivity index (χ4n) is 1.84. The van der Waals surface area contributed by atoms with Gasteiger partial charge in [0.1, 0.15) is 5.69 Å². The molecular formula is C13H14N2O4S. The lowest BCUT2D eigenvalue weighted by atomic mass is 10.2. The van der Waals surface area contributed by atoms with E-state index in [9.17, 15) is 13.2 Å². The summed E-state index contributed by atoms with van der Waals surface area (Å²) in [7, 11) is -3.66. The molecule has 1 heterocycles. The van der Waals surface area contributed by atoms with E-state index in [1.165, 1.54) is 6.07 Å². The first-order chi connectivity index (χ1) is 9.37. The molecule has 7 heteroatoms. The smallest absolute Gasteiger partial charge is 0.354 e. The maximum absolute atomic E-state index is 12.0. The number of carboxylic acids is 1. The van der Waals surface area contributed by atoms with Crippen LogP contribution in [0, 0.1) is 6.92 Å². The van der Waals surface area contributed by atoms with Crippen molar-refractivity contribution in [1.29, 1.82) is 0 Å². The molecule has 0 saturated heterocycles. The number of aromatic nitrogens is 1. The highest BCUT2D eigenvalue weighted by Gasteiger charge is 2.19. The van der Waals surface area contributed by atoms with Gasteiger partial charge < -0.3 is 10.1 Å². The largest absolute Gasteiger partial charge is 0.477 e. The third-order valence-corrected chi connectivity index (χ3v) is 3.88. The number of hydrogen-bond donors (Lipinski definition) is 3. The molecule has 0 aliphatic rings. The number of rotatable bonds is 5. The van der Waals surface area contributed by atoms with Gasteiger partial charge in [-0.3, -0.25) is 4.72 Å². The molecule has 0 aliphatic carbocycles. The molecule has 2 rings (SSSR count). The molecule has 0 saturated carbocycles. The van der Waals surface area contributed by atoms with Crippen LogP contribution in [0.3, 0.4) is 0 Å². The summed E-state index contributed by atoms with van der Waals surface area (Å²) in [6.45, 7) is 1.65. The van der Waals surface area contributed by atoms with Gasteiger partial charge >= 0.3 is 5.97 Å². The second-order valence-corrected chi connectivity index (χ2v) is 6.12. The van der Waals surface area contributed by atoms with Crippen molar-refractivity contribution in [3.63, 3.8) is 0 Å². The molecule has 20 heavy (non-hydrogen) atoms. The normalized spacial score (nSPS) is 11.2. The van der Waals surface area contributed by atoms with Crippen LogP contribution in [0.25, 0.3) is 0 Å². The first kappa shape index (κ1) is 14.1. The molecule has 0 radical (unpaired) electrons. The summed E-state index contributed by atoms with van der Waals surface area (Å²) in [5.41, 5.74) is 1.08. The second kappa shape index (κ2) is 5.38. The van der Waals surface area contributed by atoms with Gasteiger partial charge in [0.15, 0.2) is 0 Å². The van der Waals surface area contributed by atoms with Crippen molar-refractivity contribution in [2.24, 2.45) is 0 Å². The SMILES string of the molecule is Cc1cc(NS(=O)(=O)Cc2ccccc2)c(C(=O)O)[nH]1. The van der Waals surface area contributed by atoms with Crippen LogP contribution in [0.1, 0.15) is 21.7 Å². The lowest BCUT2D eigenvalue weighted by molar-refractivity contribution is 0.0692. The first-order valence-corrected chi connectivity index (χ1v) is 7.50. The number of sulfonamides is 1. The molecule has 0 amide bonds. The number of nitrogens with one attached hydrogen (secondary N) is 2. The number of benzene rings is 1. The Labute approximate surface area is 116 Å². The van der Waals surface area contributed by atoms with Crippen molar-refractivity contribution in [1.82, 2.24) is 4.98 Å². The van der Waals surface area contributed by atoms with Crippen LogP contribution in [0.4, 0.5) is 5.69 Å². The van der Waals surface area contributed by atoms with Crippen molar-refractivity contribution in [3.05, 3.63) is 53.3 Å². The van der Waals surface area contributed by atoms with E-state index in [1.807, 2.05) is 0 Å². The molecule has 0 bridgehead atoms. The number of H-pyrrole nitrogens is 1. The zero-order valence-electron chi connectivity index (χ0n) is 10.8. The van der Waals surface area contributed by atoms with Crippen molar-refractivity contribution in [2.75, 3.05) is 4.72 Å². The van der Waals surface area contributed by atoms with Gasteiger partial charge in [0.25, 0.3) is 0 Å². The van der Waals surface area contributed by atoms with Gasteiger partial charge in [-0.2, -0.15) is 0 Å². The van der Waals surface area contributed by atoms with Gasteiger partial charge in [-0.05, 0) is 18.6 Å². The number of aromatic carboxylic acids is 1. The van der Waals surface area contributed by atoms with Crippen LogP contribution in [0.5, 0.6) is 0 Å². The Bertz CT molecular complexity index is 720. The quantitative estimate of drug-likeness (QED) is 0.785. The lowest BCUT2D eigenvalue weighted by Crippen LogP contribution is -2.16. The highest BCUT2D eigenvalue weighted by atomic mass is 32.2. The van der Waals surface area contributed by atoms with Gasteiger partial charge in [0, 0.05) is 5.69 Å². The standard InChI is InChI=1S/C13H14N2O4S/c1-9-7-11(12(14-9)13(16)17)15-20(18,19)8-10-5-3-2-4-6-10/h2-7,14-15H,8H2,1H3,(H,16,17). The molecule has 0 atom stereocenters. The highest BCUT2D eigenvalue weighted by molar-refractivity contribution is 7.91. The highest BCUT2D eigenvalue weighted by Crippen LogP contribution is 2.19. The van der Waals surface area contributed by atoms with Crippen molar-refractivity contribution < 1.29 is 18.3 Å². The van der Waals surface area contributed by atoms with Gasteiger partial charge in [-0.15, -0.1) is 0 Å². The number of aryl methyl sites for hydroxylation is 1. The molecule has 6 nitrogen and oxygen atoms in total. The summed E-state index contributed by atoms with van der Waals surface area (Å²) in [5, 5.41) is 9.00. The van der Waals surface area contributed by atoms with Crippen molar-refractivity contribution in [2.45, 2.75) is 12.7 Å². The third-order valence-electron chi connectivity index (χ3n) is 2.63. The molecule has 0 fully saturated rings. The van der Waals surface area contributed by atoms with E-state index in [2.05, 4.69) is 9.71 Å². The minimum atomic E-state index is -3.66. The molecule has 0 unspecified atom stereocenters. The fraction of sp³-hybridized carbons (Fsp3) is 0.154. The minimum Gasteiger partial charge on any atom is -0.477 e. The van der Waals surface area contributed by atoms with E-state index in [4.69, 9.17) is 5.11 Å². The van der Waals surface area contributed by atoms with Gasteiger partial charge in [-0.25, -0.2) is 13.2 Å². The van der Waals surface area contributed by atoms with E-state index in [0.717, 1.165) is 0 Å².